The van der Waals surface area contributed by atoms with Gasteiger partial charge in [0, 0.05) is 37.4 Å². The van der Waals surface area contributed by atoms with E-state index >= 15 is 0 Å². The van der Waals surface area contributed by atoms with Crippen LogP contribution >= 0.6 is 0 Å². The van der Waals surface area contributed by atoms with Crippen LogP contribution in [0.3, 0.4) is 0 Å². The van der Waals surface area contributed by atoms with Crippen LogP contribution in [-0.4, -0.2) is 41.2 Å². The molecule has 0 radical (unpaired) electrons. The van der Waals surface area contributed by atoms with Crippen molar-refractivity contribution in [1.29, 1.82) is 0 Å². The summed E-state index contributed by atoms with van der Waals surface area (Å²) < 4.78 is 0. The van der Waals surface area contributed by atoms with Gasteiger partial charge in [0.1, 0.15) is 11.8 Å². The largest absolute Gasteiger partial charge is 0.507 e. The number of likely N-dealkylation sites (N-methyl/N-ethyl adjacent to an activating group) is 1. The van der Waals surface area contributed by atoms with Crippen molar-refractivity contribution in [1.82, 2.24) is 15.5 Å². The van der Waals surface area contributed by atoms with E-state index in [-0.39, 0.29) is 22.5 Å². The molecular weight excluding hydrogens is 669 g/mol. The SMILES string of the molecule is CN(Cc1ccccc1)C(=O)[C@H](Cc1ccccc1)NC(=O)N[C@@H](c1ccccc1)[C@@H](N=Cc1cc(C(C)(C)C)cc(C(C)(C)C)c1O)c1ccccc1. The van der Waals surface area contributed by atoms with Gasteiger partial charge in [-0.15, -0.1) is 0 Å². The Hall–Kier alpha value is -5.69. The van der Waals surface area contributed by atoms with E-state index in [2.05, 4.69) is 58.2 Å². The summed E-state index contributed by atoms with van der Waals surface area (Å²) in [4.78, 5) is 35.0. The fraction of sp³-hybridized carbons (Fsp3) is 0.298. The monoisotopic (exact) mass is 722 g/mol. The maximum atomic E-state index is 14.2. The smallest absolute Gasteiger partial charge is 0.316 e. The molecule has 0 fully saturated rings. The predicted molar refractivity (Wildman–Crippen MR) is 220 cm³/mol. The first-order valence-electron chi connectivity index (χ1n) is 18.6. The van der Waals surface area contributed by atoms with E-state index in [9.17, 15) is 14.7 Å². The molecule has 7 nitrogen and oxygen atoms in total. The second kappa shape index (κ2) is 17.4. The number of rotatable bonds is 12. The molecule has 3 N–H and O–H groups in total. The molecule has 54 heavy (non-hydrogen) atoms. The van der Waals surface area contributed by atoms with Gasteiger partial charge in [-0.3, -0.25) is 9.79 Å². The molecule has 0 unspecified atom stereocenters. The Bertz CT molecular complexity index is 2000. The minimum atomic E-state index is -0.830. The van der Waals surface area contributed by atoms with Crippen molar-refractivity contribution in [3.8, 4) is 5.75 Å². The number of hydrogen-bond acceptors (Lipinski definition) is 4. The summed E-state index contributed by atoms with van der Waals surface area (Å²) in [6, 6.07) is 40.6. The van der Waals surface area contributed by atoms with Gasteiger partial charge in [0.05, 0.1) is 12.1 Å². The van der Waals surface area contributed by atoms with Gasteiger partial charge < -0.3 is 20.6 Å². The number of urea groups is 1. The zero-order chi connectivity index (χ0) is 38.9. The van der Waals surface area contributed by atoms with Crippen LogP contribution in [0.15, 0.2) is 138 Å². The molecular formula is C47H54N4O3. The number of nitrogens with zero attached hydrogens (tertiary/aromatic N) is 2. The van der Waals surface area contributed by atoms with E-state index in [1.54, 1.807) is 18.2 Å². The molecule has 3 amide bonds. The molecule has 0 aliphatic heterocycles. The Morgan fingerprint density at radius 1 is 0.704 bits per heavy atom. The van der Waals surface area contributed by atoms with E-state index in [0.29, 0.717) is 18.5 Å². The Kier molecular flexibility index (Phi) is 12.8. The van der Waals surface area contributed by atoms with Gasteiger partial charge in [-0.1, -0.05) is 169 Å². The molecule has 0 aliphatic rings. The normalized spacial score (nSPS) is 13.5. The highest BCUT2D eigenvalue weighted by Crippen LogP contribution is 2.38. The number of aromatic hydroxyl groups is 1. The highest BCUT2D eigenvalue weighted by atomic mass is 16.3. The van der Waals surface area contributed by atoms with Crippen LogP contribution in [0.5, 0.6) is 5.75 Å². The highest BCUT2D eigenvalue weighted by Gasteiger charge is 2.30. The van der Waals surface area contributed by atoms with Gasteiger partial charge in [0.15, 0.2) is 0 Å². The summed E-state index contributed by atoms with van der Waals surface area (Å²) >= 11 is 0. The van der Waals surface area contributed by atoms with Crippen molar-refractivity contribution in [2.45, 2.75) is 83.5 Å². The maximum Gasteiger partial charge on any atom is 0.316 e. The minimum absolute atomic E-state index is 0.162. The number of nitrogens with one attached hydrogen (secondary N) is 2. The van der Waals surface area contributed by atoms with Crippen LogP contribution in [-0.2, 0) is 28.6 Å². The zero-order valence-electron chi connectivity index (χ0n) is 32.6. The fourth-order valence-electron chi connectivity index (χ4n) is 6.53. The first-order chi connectivity index (χ1) is 25.7. The first kappa shape index (κ1) is 39.5. The first-order valence-corrected chi connectivity index (χ1v) is 18.6. The number of carbonyl (C=O) groups excluding carboxylic acids is 2. The second-order valence-electron chi connectivity index (χ2n) is 16.0. The van der Waals surface area contributed by atoms with Gasteiger partial charge in [-0.25, -0.2) is 4.79 Å². The Morgan fingerprint density at radius 2 is 1.22 bits per heavy atom. The van der Waals surface area contributed by atoms with Crippen molar-refractivity contribution < 1.29 is 14.7 Å². The van der Waals surface area contributed by atoms with Crippen LogP contribution < -0.4 is 10.6 Å². The summed E-state index contributed by atoms with van der Waals surface area (Å²) in [6.07, 6.45) is 2.05. The molecule has 0 aromatic heterocycles. The van der Waals surface area contributed by atoms with E-state index < -0.39 is 24.2 Å². The lowest BCUT2D eigenvalue weighted by Crippen LogP contribution is -2.52. The van der Waals surface area contributed by atoms with Crippen molar-refractivity contribution >= 4 is 18.2 Å². The number of aliphatic imine (C=N–C) groups is 1. The van der Waals surface area contributed by atoms with Crippen LogP contribution in [0.1, 0.15) is 92.6 Å². The predicted octanol–water partition coefficient (Wildman–Crippen LogP) is 9.46. The Balaban J connectivity index is 1.52. The molecule has 0 spiro atoms. The quantitative estimate of drug-likeness (QED) is 0.112. The van der Waals surface area contributed by atoms with Gasteiger partial charge >= 0.3 is 6.03 Å². The number of phenolic OH excluding ortho intramolecular Hbond substituents is 1. The third-order valence-electron chi connectivity index (χ3n) is 9.61. The van der Waals surface area contributed by atoms with Gasteiger partial charge in [0.2, 0.25) is 5.91 Å². The van der Waals surface area contributed by atoms with E-state index in [4.69, 9.17) is 4.99 Å². The van der Waals surface area contributed by atoms with Gasteiger partial charge in [0.25, 0.3) is 0 Å². The fourth-order valence-corrected chi connectivity index (χ4v) is 6.53. The average Bonchev–Trinajstić information content (AvgIpc) is 3.15. The Morgan fingerprint density at radius 3 is 1.76 bits per heavy atom. The molecule has 0 heterocycles. The zero-order valence-corrected chi connectivity index (χ0v) is 32.6. The molecule has 5 aromatic carbocycles. The molecule has 7 heteroatoms. The molecule has 0 saturated carbocycles. The number of benzene rings is 5. The number of phenols is 1. The lowest BCUT2D eigenvalue weighted by molar-refractivity contribution is -0.132. The standard InChI is InChI=1S/C47H54N4O3/c1-46(2,3)38-29-37(43(52)39(30-38)47(4,5)6)31-48-41(35-24-16-10-17-25-35)42(36-26-18-11-19-27-36)50-45(54)49-40(28-33-20-12-8-13-21-33)44(53)51(7)32-34-22-14-9-15-23-34/h8-27,29-31,40-42,52H,28,32H2,1-7H3,(H2,49,50,54)/t40-,41-,42-/m0/s1. The van der Waals surface area contributed by atoms with Gasteiger partial charge in [-0.2, -0.15) is 0 Å². The minimum Gasteiger partial charge on any atom is -0.507 e. The maximum absolute atomic E-state index is 14.2. The number of hydrogen-bond donors (Lipinski definition) is 3. The molecule has 5 aromatic rings. The topological polar surface area (TPSA) is 94.0 Å². The third kappa shape index (κ3) is 10.5. The van der Waals surface area contributed by atoms with Crippen molar-refractivity contribution in [3.63, 3.8) is 0 Å². The summed E-state index contributed by atoms with van der Waals surface area (Å²) in [5.41, 5.74) is 5.73. The van der Waals surface area contributed by atoms with Crippen molar-refractivity contribution in [2.75, 3.05) is 7.05 Å². The lowest BCUT2D eigenvalue weighted by Gasteiger charge is -2.29. The average molecular weight is 723 g/mol. The van der Waals surface area contributed by atoms with Crippen LogP contribution in [0, 0.1) is 0 Å². The van der Waals surface area contributed by atoms with E-state index in [1.807, 2.05) is 127 Å². The lowest BCUT2D eigenvalue weighted by atomic mass is 9.79. The Labute approximate surface area is 321 Å². The summed E-state index contributed by atoms with van der Waals surface area (Å²) in [6.45, 7) is 13.1. The number of carbonyl (C=O) groups is 2. The van der Waals surface area contributed by atoms with E-state index in [1.165, 1.54) is 0 Å². The van der Waals surface area contributed by atoms with Crippen molar-refractivity contribution in [2.24, 2.45) is 4.99 Å². The molecule has 0 bridgehead atoms. The van der Waals surface area contributed by atoms with E-state index in [0.717, 1.165) is 33.4 Å². The van der Waals surface area contributed by atoms with Crippen LogP contribution in [0.4, 0.5) is 4.79 Å². The second-order valence-corrected chi connectivity index (χ2v) is 16.0. The molecule has 0 saturated heterocycles. The summed E-state index contributed by atoms with van der Waals surface area (Å²) in [7, 11) is 1.76. The third-order valence-corrected chi connectivity index (χ3v) is 9.61. The van der Waals surface area contributed by atoms with Gasteiger partial charge in [-0.05, 0) is 44.7 Å². The van der Waals surface area contributed by atoms with Crippen molar-refractivity contribution in [3.05, 3.63) is 172 Å². The molecule has 3 atom stereocenters. The molecule has 0 aliphatic carbocycles. The number of amides is 3. The highest BCUT2D eigenvalue weighted by molar-refractivity contribution is 5.88. The summed E-state index contributed by atoms with van der Waals surface area (Å²) in [5.74, 6) is -0.00878. The van der Waals surface area contributed by atoms with Crippen LogP contribution in [0.25, 0.3) is 0 Å². The molecule has 5 rings (SSSR count). The van der Waals surface area contributed by atoms with Crippen LogP contribution in [0.2, 0.25) is 0 Å². The molecule has 280 valence electrons. The summed E-state index contributed by atoms with van der Waals surface area (Å²) in [5, 5.41) is 17.9.